The molecule has 7 nitrogen and oxygen atoms in total. The van der Waals surface area contributed by atoms with Crippen LogP contribution in [0.25, 0.3) is 0 Å². The fourth-order valence-electron chi connectivity index (χ4n) is 3.45. The van der Waals surface area contributed by atoms with E-state index in [2.05, 4.69) is 37.6 Å². The van der Waals surface area contributed by atoms with Gasteiger partial charge in [0, 0.05) is 45.2 Å². The van der Waals surface area contributed by atoms with Crippen LogP contribution in [-0.2, 0) is 16.1 Å². The van der Waals surface area contributed by atoms with E-state index in [1.165, 1.54) is 5.56 Å². The largest absolute Gasteiger partial charge is 0.376 e. The molecule has 1 aliphatic heterocycles. The van der Waals surface area contributed by atoms with Gasteiger partial charge < -0.3 is 20.3 Å². The Labute approximate surface area is 178 Å². The van der Waals surface area contributed by atoms with Crippen LogP contribution in [0.3, 0.4) is 0 Å². The number of carbonyl (C=O) groups excluding carboxylic acids is 1. The number of amides is 1. The molecule has 7 heteroatoms. The molecule has 0 bridgehead atoms. The number of anilines is 1. The van der Waals surface area contributed by atoms with Crippen molar-refractivity contribution in [2.24, 2.45) is 10.9 Å². The van der Waals surface area contributed by atoms with Crippen molar-refractivity contribution in [3.05, 3.63) is 59.8 Å². The molecule has 1 aromatic heterocycles. The number of aryl methyl sites for hydroxylation is 1. The van der Waals surface area contributed by atoms with Gasteiger partial charge in [-0.05, 0) is 30.5 Å². The van der Waals surface area contributed by atoms with Gasteiger partial charge in [-0.25, -0.2) is 4.98 Å². The molecule has 0 radical (unpaired) electrons. The molecule has 2 aromatic rings. The molecule has 0 saturated carbocycles. The summed E-state index contributed by atoms with van der Waals surface area (Å²) in [7, 11) is 1.78. The van der Waals surface area contributed by atoms with Gasteiger partial charge in [0.1, 0.15) is 5.82 Å². The molecule has 1 atom stereocenters. The lowest BCUT2D eigenvalue weighted by Gasteiger charge is -2.21. The summed E-state index contributed by atoms with van der Waals surface area (Å²) in [5, 5.41) is 6.11. The summed E-state index contributed by atoms with van der Waals surface area (Å²) in [6.45, 7) is 5.73. The van der Waals surface area contributed by atoms with Gasteiger partial charge in [-0.1, -0.05) is 36.4 Å². The summed E-state index contributed by atoms with van der Waals surface area (Å²) in [6, 6.07) is 14.0. The predicted molar refractivity (Wildman–Crippen MR) is 119 cm³/mol. The smallest absolute Gasteiger partial charge is 0.227 e. The third-order valence-electron chi connectivity index (χ3n) is 5.08. The van der Waals surface area contributed by atoms with Gasteiger partial charge in [0.15, 0.2) is 5.96 Å². The standard InChI is InChI=1S/C23H31N5O2/c1-18-8-9-21(26-14-18)27-22(29)10-12-25-23(24-2)28-13-11-20(15-28)17-30-16-19-6-4-3-5-7-19/h3-9,14,20H,10-13,15-17H2,1-2H3,(H,24,25)(H,26,27,29). The van der Waals surface area contributed by atoms with Crippen LogP contribution >= 0.6 is 0 Å². The lowest BCUT2D eigenvalue weighted by atomic mass is 10.1. The second-order valence-corrected chi connectivity index (χ2v) is 7.59. The van der Waals surface area contributed by atoms with Crippen molar-refractivity contribution in [1.82, 2.24) is 15.2 Å². The van der Waals surface area contributed by atoms with E-state index in [-0.39, 0.29) is 5.91 Å². The number of nitrogens with one attached hydrogen (secondary N) is 2. The highest BCUT2D eigenvalue weighted by molar-refractivity contribution is 5.90. The number of guanidine groups is 1. The average Bonchev–Trinajstić information content (AvgIpc) is 3.22. The Hall–Kier alpha value is -2.93. The Bertz CT molecular complexity index is 823. The molecular weight excluding hydrogens is 378 g/mol. The molecule has 1 amide bonds. The Kier molecular flexibility index (Phi) is 8.20. The molecular formula is C23H31N5O2. The molecule has 1 aliphatic rings. The number of aromatic nitrogens is 1. The van der Waals surface area contributed by atoms with Gasteiger partial charge in [-0.3, -0.25) is 9.79 Å². The second kappa shape index (κ2) is 11.3. The van der Waals surface area contributed by atoms with Gasteiger partial charge in [0.2, 0.25) is 5.91 Å². The van der Waals surface area contributed by atoms with Gasteiger partial charge >= 0.3 is 0 Å². The molecule has 2 N–H and O–H groups in total. The van der Waals surface area contributed by atoms with Crippen molar-refractivity contribution in [2.75, 3.05) is 38.6 Å². The third kappa shape index (κ3) is 6.84. The monoisotopic (exact) mass is 409 g/mol. The molecule has 30 heavy (non-hydrogen) atoms. The van der Waals surface area contributed by atoms with Crippen molar-refractivity contribution in [2.45, 2.75) is 26.4 Å². The molecule has 3 rings (SSSR count). The van der Waals surface area contributed by atoms with Crippen LogP contribution in [0, 0.1) is 12.8 Å². The van der Waals surface area contributed by atoms with Crippen molar-refractivity contribution >= 4 is 17.7 Å². The predicted octanol–water partition coefficient (Wildman–Crippen LogP) is 2.83. The maximum atomic E-state index is 12.1. The van der Waals surface area contributed by atoms with Crippen LogP contribution in [0.15, 0.2) is 53.7 Å². The van der Waals surface area contributed by atoms with Crippen LogP contribution in [0.1, 0.15) is 24.0 Å². The lowest BCUT2D eigenvalue weighted by Crippen LogP contribution is -2.41. The Balaban J connectivity index is 1.34. The minimum Gasteiger partial charge on any atom is -0.376 e. The highest BCUT2D eigenvalue weighted by Gasteiger charge is 2.25. The normalized spacial score (nSPS) is 16.5. The third-order valence-corrected chi connectivity index (χ3v) is 5.08. The second-order valence-electron chi connectivity index (χ2n) is 7.59. The van der Waals surface area contributed by atoms with Crippen LogP contribution in [0.4, 0.5) is 5.82 Å². The quantitative estimate of drug-likeness (QED) is 0.518. The first-order valence-electron chi connectivity index (χ1n) is 10.4. The Morgan fingerprint density at radius 1 is 1.27 bits per heavy atom. The summed E-state index contributed by atoms with van der Waals surface area (Å²) < 4.78 is 5.90. The molecule has 0 aliphatic carbocycles. The van der Waals surface area contributed by atoms with Crippen LogP contribution in [0.2, 0.25) is 0 Å². The molecule has 160 valence electrons. The van der Waals surface area contributed by atoms with E-state index in [1.54, 1.807) is 13.2 Å². The van der Waals surface area contributed by atoms with Crippen LogP contribution < -0.4 is 10.6 Å². The van der Waals surface area contributed by atoms with Crippen molar-refractivity contribution in [3.63, 3.8) is 0 Å². The van der Waals surface area contributed by atoms with E-state index in [4.69, 9.17) is 4.74 Å². The zero-order valence-corrected chi connectivity index (χ0v) is 17.8. The number of carbonyl (C=O) groups is 1. The fraction of sp³-hybridized carbons (Fsp3) is 0.435. The topological polar surface area (TPSA) is 78.8 Å². The number of rotatable bonds is 8. The number of pyridine rings is 1. The summed E-state index contributed by atoms with van der Waals surface area (Å²) in [5.74, 6) is 1.83. The minimum absolute atomic E-state index is 0.0667. The average molecular weight is 410 g/mol. The van der Waals surface area contributed by atoms with Crippen molar-refractivity contribution in [3.8, 4) is 0 Å². The Morgan fingerprint density at radius 2 is 2.10 bits per heavy atom. The van der Waals surface area contributed by atoms with Crippen LogP contribution in [0.5, 0.6) is 0 Å². The highest BCUT2D eigenvalue weighted by atomic mass is 16.5. The van der Waals surface area contributed by atoms with Gasteiger partial charge in [0.25, 0.3) is 0 Å². The lowest BCUT2D eigenvalue weighted by molar-refractivity contribution is -0.116. The molecule has 0 spiro atoms. The van der Waals surface area contributed by atoms with E-state index in [1.807, 2.05) is 37.3 Å². The molecule has 1 unspecified atom stereocenters. The van der Waals surface area contributed by atoms with Gasteiger partial charge in [-0.15, -0.1) is 0 Å². The summed E-state index contributed by atoms with van der Waals surface area (Å²) in [6.07, 6.45) is 3.17. The number of likely N-dealkylation sites (tertiary alicyclic amines) is 1. The van der Waals surface area contributed by atoms with Crippen molar-refractivity contribution < 1.29 is 9.53 Å². The maximum Gasteiger partial charge on any atom is 0.227 e. The van der Waals surface area contributed by atoms with Gasteiger partial charge in [-0.2, -0.15) is 0 Å². The van der Waals surface area contributed by atoms with E-state index in [9.17, 15) is 4.79 Å². The SMILES string of the molecule is CN=C(NCCC(=O)Nc1ccc(C)cn1)N1CCC(COCc2ccccc2)C1. The van der Waals surface area contributed by atoms with Gasteiger partial charge in [0.05, 0.1) is 13.2 Å². The summed E-state index contributed by atoms with van der Waals surface area (Å²) in [5.41, 5.74) is 2.26. The molecule has 2 heterocycles. The highest BCUT2D eigenvalue weighted by Crippen LogP contribution is 2.17. The zero-order chi connectivity index (χ0) is 21.2. The first-order valence-corrected chi connectivity index (χ1v) is 10.4. The number of hydrogen-bond donors (Lipinski definition) is 2. The van der Waals surface area contributed by atoms with Crippen LogP contribution in [-0.4, -0.2) is 55.0 Å². The number of aliphatic imine (C=N–C) groups is 1. The van der Waals surface area contributed by atoms with E-state index in [0.717, 1.165) is 37.6 Å². The number of hydrogen-bond acceptors (Lipinski definition) is 4. The summed E-state index contributed by atoms with van der Waals surface area (Å²) >= 11 is 0. The molecule has 1 fully saturated rings. The minimum atomic E-state index is -0.0667. The van der Waals surface area contributed by atoms with E-state index in [0.29, 0.717) is 31.3 Å². The molecule has 1 saturated heterocycles. The number of benzene rings is 1. The Morgan fingerprint density at radius 3 is 2.83 bits per heavy atom. The van der Waals surface area contributed by atoms with E-state index >= 15 is 0 Å². The van der Waals surface area contributed by atoms with E-state index < -0.39 is 0 Å². The maximum absolute atomic E-state index is 12.1. The van der Waals surface area contributed by atoms with Crippen molar-refractivity contribution in [1.29, 1.82) is 0 Å². The zero-order valence-electron chi connectivity index (χ0n) is 17.8. The summed E-state index contributed by atoms with van der Waals surface area (Å²) in [4.78, 5) is 22.9. The first kappa shape index (κ1) is 21.8. The number of nitrogens with zero attached hydrogens (tertiary/aromatic N) is 3. The first-order chi connectivity index (χ1) is 14.6. The molecule has 1 aromatic carbocycles. The number of ether oxygens (including phenoxy) is 1. The fourth-order valence-corrected chi connectivity index (χ4v) is 3.45.